The number of ether oxygens (including phenoxy) is 1. The molecule has 8 heteroatoms. The number of nitrogens with one attached hydrogen (secondary N) is 1. The molecule has 0 aliphatic heterocycles. The predicted molar refractivity (Wildman–Crippen MR) is 125 cm³/mol. The molecule has 1 aromatic heterocycles. The highest BCUT2D eigenvalue weighted by Gasteiger charge is 2.16. The molecule has 32 heavy (non-hydrogen) atoms. The molecule has 168 valence electrons. The molecule has 1 heterocycles. The Kier molecular flexibility index (Phi) is 7.35. The summed E-state index contributed by atoms with van der Waals surface area (Å²) in [7, 11) is 0. The summed E-state index contributed by atoms with van der Waals surface area (Å²) in [5, 5.41) is 11.2. The van der Waals surface area contributed by atoms with Crippen molar-refractivity contribution in [3.05, 3.63) is 59.7 Å². The second-order valence-corrected chi connectivity index (χ2v) is 9.50. The molecule has 0 aliphatic carbocycles. The second-order valence-electron chi connectivity index (χ2n) is 8.57. The van der Waals surface area contributed by atoms with Gasteiger partial charge < -0.3 is 14.5 Å². The average Bonchev–Trinajstić information content (AvgIpc) is 3.20. The van der Waals surface area contributed by atoms with Gasteiger partial charge >= 0.3 is 5.97 Å². The SMILES string of the molecule is CC(C)OC(=O)c1cccc(NC(=O)CSc2nnc(-c3ccc(C(C)(C)C)cc3)o2)c1. The van der Waals surface area contributed by atoms with E-state index in [-0.39, 0.29) is 23.2 Å². The Labute approximate surface area is 192 Å². The summed E-state index contributed by atoms with van der Waals surface area (Å²) in [5.74, 6) is -0.187. The van der Waals surface area contributed by atoms with Crippen molar-refractivity contribution in [1.29, 1.82) is 0 Å². The van der Waals surface area contributed by atoms with Gasteiger partial charge in [-0.25, -0.2) is 4.79 Å². The third-order valence-corrected chi connectivity index (χ3v) is 5.27. The number of hydrogen-bond donors (Lipinski definition) is 1. The van der Waals surface area contributed by atoms with Gasteiger partial charge in [0.15, 0.2) is 0 Å². The molecule has 0 bridgehead atoms. The molecule has 7 nitrogen and oxygen atoms in total. The van der Waals surface area contributed by atoms with Gasteiger partial charge in [0, 0.05) is 11.3 Å². The van der Waals surface area contributed by atoms with Crippen LogP contribution in [0, 0.1) is 0 Å². The van der Waals surface area contributed by atoms with Crippen LogP contribution < -0.4 is 5.32 Å². The smallest absolute Gasteiger partial charge is 0.338 e. The van der Waals surface area contributed by atoms with Gasteiger partial charge in [0.1, 0.15) is 0 Å². The molecule has 3 rings (SSSR count). The first-order chi connectivity index (χ1) is 15.1. The number of carbonyl (C=O) groups is 2. The Balaban J connectivity index is 1.56. The average molecular weight is 454 g/mol. The normalized spacial score (nSPS) is 11.4. The summed E-state index contributed by atoms with van der Waals surface area (Å²) in [6.45, 7) is 10.0. The van der Waals surface area contributed by atoms with Gasteiger partial charge in [-0.1, -0.05) is 50.7 Å². The highest BCUT2D eigenvalue weighted by atomic mass is 32.2. The van der Waals surface area contributed by atoms with Gasteiger partial charge in [-0.15, -0.1) is 10.2 Å². The maximum Gasteiger partial charge on any atom is 0.338 e. The second kappa shape index (κ2) is 9.99. The number of carbonyl (C=O) groups excluding carboxylic acids is 2. The summed E-state index contributed by atoms with van der Waals surface area (Å²) in [5.41, 5.74) is 3.00. The molecule has 0 saturated heterocycles. The van der Waals surface area contributed by atoms with E-state index in [0.29, 0.717) is 22.4 Å². The zero-order chi connectivity index (χ0) is 23.3. The van der Waals surface area contributed by atoms with Gasteiger partial charge in [0.05, 0.1) is 17.4 Å². The number of nitrogens with zero attached hydrogens (tertiary/aromatic N) is 2. The fraction of sp³-hybridized carbons (Fsp3) is 0.333. The predicted octanol–water partition coefficient (Wildman–Crippen LogP) is 5.33. The van der Waals surface area contributed by atoms with Crippen LogP contribution in [0.15, 0.2) is 58.2 Å². The van der Waals surface area contributed by atoms with Crippen LogP contribution in [0.3, 0.4) is 0 Å². The minimum Gasteiger partial charge on any atom is -0.459 e. The van der Waals surface area contributed by atoms with Gasteiger partial charge in [-0.05, 0) is 55.2 Å². The number of anilines is 1. The summed E-state index contributed by atoms with van der Waals surface area (Å²) < 4.78 is 10.9. The third kappa shape index (κ3) is 6.43. The molecule has 2 aromatic carbocycles. The van der Waals surface area contributed by atoms with Crippen molar-refractivity contribution < 1.29 is 18.7 Å². The van der Waals surface area contributed by atoms with E-state index in [2.05, 4.69) is 36.3 Å². The topological polar surface area (TPSA) is 94.3 Å². The summed E-state index contributed by atoms with van der Waals surface area (Å²) in [4.78, 5) is 24.3. The first-order valence-electron chi connectivity index (χ1n) is 10.3. The fourth-order valence-electron chi connectivity index (χ4n) is 2.83. The van der Waals surface area contributed by atoms with Gasteiger partial charge in [-0.2, -0.15) is 0 Å². The van der Waals surface area contributed by atoms with Crippen molar-refractivity contribution in [2.24, 2.45) is 0 Å². The van der Waals surface area contributed by atoms with Crippen LogP contribution in [0.4, 0.5) is 5.69 Å². The molecule has 3 aromatic rings. The molecule has 1 amide bonds. The minimum absolute atomic E-state index is 0.0655. The Morgan fingerprint density at radius 2 is 1.81 bits per heavy atom. The molecular weight excluding hydrogens is 426 g/mol. The van der Waals surface area contributed by atoms with E-state index in [1.807, 2.05) is 24.3 Å². The lowest BCUT2D eigenvalue weighted by molar-refractivity contribution is -0.113. The lowest BCUT2D eigenvalue weighted by atomic mass is 9.87. The third-order valence-electron chi connectivity index (χ3n) is 4.46. The van der Waals surface area contributed by atoms with Crippen LogP contribution in [0.5, 0.6) is 0 Å². The Morgan fingerprint density at radius 3 is 2.47 bits per heavy atom. The fourth-order valence-corrected chi connectivity index (χ4v) is 3.39. The number of amides is 1. The molecule has 0 unspecified atom stereocenters. The van der Waals surface area contributed by atoms with E-state index < -0.39 is 5.97 Å². The first-order valence-corrected chi connectivity index (χ1v) is 11.3. The van der Waals surface area contributed by atoms with Gasteiger partial charge in [-0.3, -0.25) is 4.79 Å². The molecule has 0 atom stereocenters. The number of benzene rings is 2. The lowest BCUT2D eigenvalue weighted by Gasteiger charge is -2.18. The molecule has 0 fully saturated rings. The van der Waals surface area contributed by atoms with Crippen LogP contribution >= 0.6 is 11.8 Å². The maximum absolute atomic E-state index is 12.3. The van der Waals surface area contributed by atoms with E-state index in [4.69, 9.17) is 9.15 Å². The Bertz CT molecular complexity index is 1090. The van der Waals surface area contributed by atoms with Crippen molar-refractivity contribution in [1.82, 2.24) is 10.2 Å². The van der Waals surface area contributed by atoms with E-state index >= 15 is 0 Å². The molecule has 0 aliphatic rings. The van der Waals surface area contributed by atoms with E-state index in [1.165, 1.54) is 5.56 Å². The van der Waals surface area contributed by atoms with E-state index in [0.717, 1.165) is 17.3 Å². The van der Waals surface area contributed by atoms with Gasteiger partial charge in [0.25, 0.3) is 5.22 Å². The molecule has 1 N–H and O–H groups in total. The van der Waals surface area contributed by atoms with Gasteiger partial charge in [0.2, 0.25) is 11.8 Å². The van der Waals surface area contributed by atoms with Crippen LogP contribution in [0.1, 0.15) is 50.5 Å². The quantitative estimate of drug-likeness (QED) is 0.382. The molecule has 0 spiro atoms. The summed E-state index contributed by atoms with van der Waals surface area (Å²) in [6, 6.07) is 14.6. The molecule has 0 saturated carbocycles. The van der Waals surface area contributed by atoms with Crippen molar-refractivity contribution in [2.45, 2.75) is 51.4 Å². The highest BCUT2D eigenvalue weighted by molar-refractivity contribution is 7.99. The van der Waals surface area contributed by atoms with Crippen LogP contribution in [0.2, 0.25) is 0 Å². The standard InChI is InChI=1S/C24H27N3O4S/c1-15(2)30-22(29)17-7-6-8-19(13-17)25-20(28)14-32-23-27-26-21(31-23)16-9-11-18(12-10-16)24(3,4)5/h6-13,15H,14H2,1-5H3,(H,25,28). The van der Waals surface area contributed by atoms with E-state index in [9.17, 15) is 9.59 Å². The van der Waals surface area contributed by atoms with Crippen LogP contribution in [-0.2, 0) is 14.9 Å². The molecular formula is C24H27N3O4S. The van der Waals surface area contributed by atoms with E-state index in [1.54, 1.807) is 38.1 Å². The Morgan fingerprint density at radius 1 is 1.09 bits per heavy atom. The number of hydrogen-bond acceptors (Lipinski definition) is 7. The van der Waals surface area contributed by atoms with Crippen molar-refractivity contribution in [2.75, 3.05) is 11.1 Å². The lowest BCUT2D eigenvalue weighted by Crippen LogP contribution is -2.15. The van der Waals surface area contributed by atoms with Crippen molar-refractivity contribution >= 4 is 29.3 Å². The zero-order valence-corrected chi connectivity index (χ0v) is 19.7. The first kappa shape index (κ1) is 23.5. The van der Waals surface area contributed by atoms with Crippen molar-refractivity contribution in [3.8, 4) is 11.5 Å². The highest BCUT2D eigenvalue weighted by Crippen LogP contribution is 2.27. The van der Waals surface area contributed by atoms with Crippen LogP contribution in [0.25, 0.3) is 11.5 Å². The van der Waals surface area contributed by atoms with Crippen LogP contribution in [-0.4, -0.2) is 33.9 Å². The van der Waals surface area contributed by atoms with Crippen molar-refractivity contribution in [3.63, 3.8) is 0 Å². The maximum atomic E-state index is 12.3. The number of rotatable bonds is 7. The number of esters is 1. The monoisotopic (exact) mass is 453 g/mol. The largest absolute Gasteiger partial charge is 0.459 e. The summed E-state index contributed by atoms with van der Waals surface area (Å²) >= 11 is 1.15. The molecule has 0 radical (unpaired) electrons. The number of thioether (sulfide) groups is 1. The summed E-state index contributed by atoms with van der Waals surface area (Å²) in [6.07, 6.45) is -0.215. The number of aromatic nitrogens is 2. The minimum atomic E-state index is -0.431. The Hall–Kier alpha value is -3.13. The zero-order valence-electron chi connectivity index (χ0n) is 18.8.